The highest BCUT2D eigenvalue weighted by molar-refractivity contribution is 9.08. The molecule has 0 fully saturated rings. The summed E-state index contributed by atoms with van der Waals surface area (Å²) in [4.78, 5) is 15.6. The normalized spacial score (nSPS) is 10.2. The SMILES string of the molecule is COC(=O)c1cccc(-c2ccnc(CBr)c2O)c1. The third kappa shape index (κ3) is 2.76. The number of benzene rings is 1. The molecule has 0 aliphatic carbocycles. The second-order valence-electron chi connectivity index (χ2n) is 3.86. The second-order valence-corrected chi connectivity index (χ2v) is 4.42. The molecule has 0 spiro atoms. The minimum absolute atomic E-state index is 0.112. The Kier molecular flexibility index (Phi) is 4.16. The molecule has 0 aliphatic rings. The van der Waals surface area contributed by atoms with Gasteiger partial charge in [0.1, 0.15) is 5.75 Å². The van der Waals surface area contributed by atoms with Crippen molar-refractivity contribution >= 4 is 21.9 Å². The van der Waals surface area contributed by atoms with Gasteiger partial charge in [0.25, 0.3) is 0 Å². The van der Waals surface area contributed by atoms with E-state index in [4.69, 9.17) is 0 Å². The number of pyridine rings is 1. The number of aromatic nitrogens is 1. The fraction of sp³-hybridized carbons (Fsp3) is 0.143. The molecule has 1 heterocycles. The van der Waals surface area contributed by atoms with Crippen LogP contribution in [0.4, 0.5) is 0 Å². The van der Waals surface area contributed by atoms with E-state index in [1.54, 1.807) is 30.5 Å². The van der Waals surface area contributed by atoms with Crippen LogP contribution in [-0.2, 0) is 10.1 Å². The van der Waals surface area contributed by atoms with Gasteiger partial charge < -0.3 is 9.84 Å². The largest absolute Gasteiger partial charge is 0.505 e. The minimum Gasteiger partial charge on any atom is -0.505 e. The van der Waals surface area contributed by atoms with E-state index in [9.17, 15) is 9.90 Å². The van der Waals surface area contributed by atoms with Crippen LogP contribution in [0.15, 0.2) is 36.5 Å². The number of methoxy groups -OCH3 is 1. The van der Waals surface area contributed by atoms with E-state index >= 15 is 0 Å². The molecule has 0 aliphatic heterocycles. The van der Waals surface area contributed by atoms with Crippen molar-refractivity contribution in [3.8, 4) is 16.9 Å². The molecule has 1 aromatic heterocycles. The number of carbonyl (C=O) groups excluding carboxylic acids is 1. The summed E-state index contributed by atoms with van der Waals surface area (Å²) < 4.78 is 4.68. The van der Waals surface area contributed by atoms with Gasteiger partial charge in [0, 0.05) is 17.1 Å². The summed E-state index contributed by atoms with van der Waals surface area (Å²) in [5.74, 6) is -0.294. The Bertz CT molecular complexity index is 613. The van der Waals surface area contributed by atoms with E-state index in [1.807, 2.05) is 6.07 Å². The molecule has 0 atom stereocenters. The molecule has 1 N–H and O–H groups in total. The number of esters is 1. The van der Waals surface area contributed by atoms with E-state index in [0.29, 0.717) is 22.2 Å². The first kappa shape index (κ1) is 13.5. The number of rotatable bonds is 3. The second kappa shape index (κ2) is 5.84. The van der Waals surface area contributed by atoms with Crippen LogP contribution < -0.4 is 0 Å². The third-order valence-electron chi connectivity index (χ3n) is 2.72. The van der Waals surface area contributed by atoms with Gasteiger partial charge in [-0.05, 0) is 23.8 Å². The van der Waals surface area contributed by atoms with Crippen molar-refractivity contribution in [3.63, 3.8) is 0 Å². The van der Waals surface area contributed by atoms with Crippen molar-refractivity contribution in [3.05, 3.63) is 47.8 Å². The predicted octanol–water partition coefficient (Wildman–Crippen LogP) is 3.14. The molecule has 0 amide bonds. The van der Waals surface area contributed by atoms with Gasteiger partial charge in [0.15, 0.2) is 0 Å². The summed E-state index contributed by atoms with van der Waals surface area (Å²) in [6.07, 6.45) is 1.62. The number of ether oxygens (including phenoxy) is 1. The van der Waals surface area contributed by atoms with Crippen LogP contribution in [0.25, 0.3) is 11.1 Å². The Morgan fingerprint density at radius 1 is 1.42 bits per heavy atom. The molecular weight excluding hydrogens is 310 g/mol. The van der Waals surface area contributed by atoms with Gasteiger partial charge in [-0.2, -0.15) is 0 Å². The zero-order valence-corrected chi connectivity index (χ0v) is 11.8. The standard InChI is InChI=1S/C14H12BrNO3/c1-19-14(18)10-4-2-3-9(7-10)11-5-6-16-12(8-15)13(11)17/h2-7,17H,8H2,1H3. The Hall–Kier alpha value is -1.88. The molecular formula is C14H12BrNO3. The van der Waals surface area contributed by atoms with Gasteiger partial charge in [-0.15, -0.1) is 0 Å². The first-order valence-electron chi connectivity index (χ1n) is 5.59. The maximum absolute atomic E-state index is 11.5. The number of hydrogen-bond donors (Lipinski definition) is 1. The topological polar surface area (TPSA) is 59.4 Å². The van der Waals surface area contributed by atoms with Crippen LogP contribution in [0.5, 0.6) is 5.75 Å². The van der Waals surface area contributed by atoms with Crippen molar-refractivity contribution in [1.29, 1.82) is 0 Å². The summed E-state index contributed by atoms with van der Waals surface area (Å²) in [6, 6.07) is 8.62. The molecule has 0 saturated heterocycles. The molecule has 0 bridgehead atoms. The van der Waals surface area contributed by atoms with Gasteiger partial charge in [-0.1, -0.05) is 28.1 Å². The van der Waals surface area contributed by atoms with Crippen LogP contribution in [0.3, 0.4) is 0 Å². The van der Waals surface area contributed by atoms with Gasteiger partial charge in [-0.25, -0.2) is 4.79 Å². The predicted molar refractivity (Wildman–Crippen MR) is 75.3 cm³/mol. The van der Waals surface area contributed by atoms with Gasteiger partial charge in [-0.3, -0.25) is 4.98 Å². The number of alkyl halides is 1. The van der Waals surface area contributed by atoms with E-state index in [-0.39, 0.29) is 5.75 Å². The van der Waals surface area contributed by atoms with Crippen LogP contribution in [-0.4, -0.2) is 23.2 Å². The highest BCUT2D eigenvalue weighted by Crippen LogP contribution is 2.32. The van der Waals surface area contributed by atoms with Crippen molar-refractivity contribution in [2.75, 3.05) is 7.11 Å². The number of halogens is 1. The molecule has 2 aromatic rings. The molecule has 2 rings (SSSR count). The Labute approximate surface area is 119 Å². The molecule has 0 unspecified atom stereocenters. The number of hydrogen-bond acceptors (Lipinski definition) is 4. The van der Waals surface area contributed by atoms with Crippen molar-refractivity contribution < 1.29 is 14.6 Å². The molecule has 0 saturated carbocycles. The molecule has 4 nitrogen and oxygen atoms in total. The summed E-state index contributed by atoms with van der Waals surface area (Å²) in [6.45, 7) is 0. The molecule has 1 aromatic carbocycles. The third-order valence-corrected chi connectivity index (χ3v) is 3.25. The highest BCUT2D eigenvalue weighted by atomic mass is 79.9. The molecule has 0 radical (unpaired) electrons. The minimum atomic E-state index is -0.406. The molecule has 5 heteroatoms. The fourth-order valence-corrected chi connectivity index (χ4v) is 2.17. The lowest BCUT2D eigenvalue weighted by atomic mass is 10.0. The van der Waals surface area contributed by atoms with Crippen LogP contribution in [0, 0.1) is 0 Å². The van der Waals surface area contributed by atoms with Crippen LogP contribution in [0.2, 0.25) is 0 Å². The van der Waals surface area contributed by atoms with Crippen LogP contribution >= 0.6 is 15.9 Å². The quantitative estimate of drug-likeness (QED) is 0.697. The van der Waals surface area contributed by atoms with E-state index in [0.717, 1.165) is 5.56 Å². The van der Waals surface area contributed by atoms with E-state index in [1.165, 1.54) is 7.11 Å². The number of carbonyl (C=O) groups is 1. The first-order chi connectivity index (χ1) is 9.17. The summed E-state index contributed by atoms with van der Waals surface area (Å²) in [5.41, 5.74) is 2.37. The van der Waals surface area contributed by atoms with Crippen molar-refractivity contribution in [2.45, 2.75) is 5.33 Å². The fourth-order valence-electron chi connectivity index (χ4n) is 1.76. The van der Waals surface area contributed by atoms with E-state index < -0.39 is 5.97 Å². The lowest BCUT2D eigenvalue weighted by molar-refractivity contribution is 0.0601. The summed E-state index contributed by atoms with van der Waals surface area (Å²) in [5, 5.41) is 10.6. The molecule has 98 valence electrons. The zero-order chi connectivity index (χ0) is 13.8. The monoisotopic (exact) mass is 321 g/mol. The Balaban J connectivity index is 2.50. The zero-order valence-electron chi connectivity index (χ0n) is 10.3. The number of nitrogens with zero attached hydrogens (tertiary/aromatic N) is 1. The first-order valence-corrected chi connectivity index (χ1v) is 6.71. The lowest BCUT2D eigenvalue weighted by Crippen LogP contribution is -2.00. The van der Waals surface area contributed by atoms with Crippen LogP contribution in [0.1, 0.15) is 16.1 Å². The van der Waals surface area contributed by atoms with Gasteiger partial charge in [0.2, 0.25) is 0 Å². The Morgan fingerprint density at radius 2 is 2.21 bits per heavy atom. The summed E-state index contributed by atoms with van der Waals surface area (Å²) >= 11 is 3.27. The van der Waals surface area contributed by atoms with Crippen molar-refractivity contribution in [2.24, 2.45) is 0 Å². The smallest absolute Gasteiger partial charge is 0.337 e. The maximum atomic E-state index is 11.5. The molecule has 19 heavy (non-hydrogen) atoms. The van der Waals surface area contributed by atoms with E-state index in [2.05, 4.69) is 25.7 Å². The summed E-state index contributed by atoms with van der Waals surface area (Å²) in [7, 11) is 1.34. The average molecular weight is 322 g/mol. The van der Waals surface area contributed by atoms with Gasteiger partial charge >= 0.3 is 5.97 Å². The van der Waals surface area contributed by atoms with Gasteiger partial charge in [0.05, 0.1) is 18.4 Å². The van der Waals surface area contributed by atoms with Crippen molar-refractivity contribution in [1.82, 2.24) is 4.98 Å². The Morgan fingerprint density at radius 3 is 2.89 bits per heavy atom. The lowest BCUT2D eigenvalue weighted by Gasteiger charge is -2.08. The number of aromatic hydroxyl groups is 1. The highest BCUT2D eigenvalue weighted by Gasteiger charge is 2.12. The average Bonchev–Trinajstić information content (AvgIpc) is 2.46. The maximum Gasteiger partial charge on any atom is 0.337 e.